The van der Waals surface area contributed by atoms with Gasteiger partial charge in [-0.1, -0.05) is 23.2 Å². The van der Waals surface area contributed by atoms with Crippen LogP contribution in [0.15, 0.2) is 41.7 Å². The molecule has 1 aromatic carbocycles. The van der Waals surface area contributed by atoms with Crippen molar-refractivity contribution in [3.8, 4) is 5.69 Å². The van der Waals surface area contributed by atoms with Crippen molar-refractivity contribution in [3.63, 3.8) is 0 Å². The number of methoxy groups -OCH3 is 1. The number of ether oxygens (including phenoxy) is 1. The highest BCUT2D eigenvalue weighted by Crippen LogP contribution is 2.35. The van der Waals surface area contributed by atoms with E-state index in [0.717, 1.165) is 0 Å². The van der Waals surface area contributed by atoms with E-state index < -0.39 is 11.8 Å². The Balaban J connectivity index is 2.00. The van der Waals surface area contributed by atoms with E-state index in [9.17, 15) is 9.18 Å². The lowest BCUT2D eigenvalue weighted by molar-refractivity contribution is 0.0594. The zero-order chi connectivity index (χ0) is 19.1. The van der Waals surface area contributed by atoms with Gasteiger partial charge in [-0.3, -0.25) is 9.98 Å². The van der Waals surface area contributed by atoms with Crippen molar-refractivity contribution in [2.24, 2.45) is 4.99 Å². The van der Waals surface area contributed by atoms with Crippen molar-refractivity contribution in [3.05, 3.63) is 75.3 Å². The molecule has 0 fully saturated rings. The van der Waals surface area contributed by atoms with Gasteiger partial charge in [-0.15, -0.1) is 0 Å². The van der Waals surface area contributed by atoms with Gasteiger partial charge >= 0.3 is 5.97 Å². The van der Waals surface area contributed by atoms with Gasteiger partial charge < -0.3 is 9.30 Å². The van der Waals surface area contributed by atoms with Crippen molar-refractivity contribution in [2.45, 2.75) is 6.54 Å². The number of nitrogens with zero attached hydrogens (tertiary/aromatic N) is 4. The molecule has 0 saturated heterocycles. The van der Waals surface area contributed by atoms with Crippen LogP contribution >= 0.6 is 23.2 Å². The van der Waals surface area contributed by atoms with E-state index in [-0.39, 0.29) is 33.7 Å². The summed E-state index contributed by atoms with van der Waals surface area (Å²) in [5.41, 5.74) is 1.42. The molecule has 0 unspecified atom stereocenters. The first kappa shape index (κ1) is 17.6. The molecule has 0 N–H and O–H groups in total. The topological polar surface area (TPSA) is 69.4 Å². The molecule has 27 heavy (non-hydrogen) atoms. The van der Waals surface area contributed by atoms with Crippen molar-refractivity contribution >= 4 is 34.9 Å². The van der Waals surface area contributed by atoms with Crippen LogP contribution < -0.4 is 0 Å². The Bertz CT molecular complexity index is 1110. The maximum absolute atomic E-state index is 14.4. The minimum atomic E-state index is -0.572. The van der Waals surface area contributed by atoms with Crippen LogP contribution in [0, 0.1) is 5.82 Å². The number of hydrogen-bond acceptors (Lipinski definition) is 5. The maximum Gasteiger partial charge on any atom is 0.358 e. The molecule has 1 aliphatic heterocycles. The summed E-state index contributed by atoms with van der Waals surface area (Å²) in [6.45, 7) is 0.0883. The Labute approximate surface area is 163 Å². The quantitative estimate of drug-likeness (QED) is 0.608. The van der Waals surface area contributed by atoms with Crippen LogP contribution in [0.3, 0.4) is 0 Å². The van der Waals surface area contributed by atoms with Crippen LogP contribution in [-0.4, -0.2) is 33.3 Å². The molecular weight excluding hydrogens is 394 g/mol. The number of esters is 1. The number of hydrogen-bond donors (Lipinski definition) is 0. The third-order valence-corrected chi connectivity index (χ3v) is 4.91. The summed E-state index contributed by atoms with van der Waals surface area (Å²) < 4.78 is 20.8. The highest BCUT2D eigenvalue weighted by Gasteiger charge is 2.27. The molecule has 4 rings (SSSR count). The number of aromatic nitrogens is 3. The van der Waals surface area contributed by atoms with Crippen LogP contribution in [0.25, 0.3) is 5.69 Å². The number of carbonyl (C=O) groups excluding carboxylic acids is 1. The highest BCUT2D eigenvalue weighted by atomic mass is 35.5. The van der Waals surface area contributed by atoms with Gasteiger partial charge in [0.15, 0.2) is 11.5 Å². The smallest absolute Gasteiger partial charge is 0.358 e. The lowest BCUT2D eigenvalue weighted by atomic mass is 10.0. The average Bonchev–Trinajstić information content (AvgIpc) is 3.03. The molecule has 3 aromatic rings. The SMILES string of the molecule is COC(=O)c1cn2c(n1)CN=C(c1ncccc1F)c1c-2ccc(Cl)c1Cl. The predicted octanol–water partition coefficient (Wildman–Crippen LogP) is 3.85. The monoisotopic (exact) mass is 404 g/mol. The average molecular weight is 405 g/mol. The van der Waals surface area contributed by atoms with Crippen LogP contribution in [-0.2, 0) is 11.3 Å². The van der Waals surface area contributed by atoms with Gasteiger partial charge in [0.2, 0.25) is 0 Å². The first-order chi connectivity index (χ1) is 13.0. The van der Waals surface area contributed by atoms with Gasteiger partial charge in [0.25, 0.3) is 0 Å². The Morgan fingerprint density at radius 1 is 1.30 bits per heavy atom. The predicted molar refractivity (Wildman–Crippen MR) is 98.5 cm³/mol. The molecule has 0 saturated carbocycles. The number of rotatable bonds is 2. The molecule has 0 radical (unpaired) electrons. The van der Waals surface area contributed by atoms with E-state index in [0.29, 0.717) is 17.1 Å². The van der Waals surface area contributed by atoms with Gasteiger partial charge in [-0.05, 0) is 24.3 Å². The summed E-state index contributed by atoms with van der Waals surface area (Å²) >= 11 is 12.7. The molecule has 0 aliphatic carbocycles. The minimum absolute atomic E-state index is 0.0573. The Kier molecular flexibility index (Phi) is 4.41. The van der Waals surface area contributed by atoms with Crippen LogP contribution in [0.5, 0.6) is 0 Å². The normalized spacial score (nSPS) is 12.7. The van der Waals surface area contributed by atoms with Crippen LogP contribution in [0.2, 0.25) is 10.0 Å². The number of fused-ring (bicyclic) bond motifs is 3. The van der Waals surface area contributed by atoms with Crippen molar-refractivity contribution in [1.82, 2.24) is 14.5 Å². The third kappa shape index (κ3) is 2.89. The fourth-order valence-electron chi connectivity index (χ4n) is 2.89. The van der Waals surface area contributed by atoms with Gasteiger partial charge in [0.1, 0.15) is 11.5 Å². The standard InChI is InChI=1S/C18H11Cl2FN4O2/c1-27-18(26)11-8-25-12-5-4-9(19)15(20)14(12)17(23-7-13(25)24-11)16-10(21)3-2-6-22-16/h2-6,8H,7H2,1H3. The van der Waals surface area contributed by atoms with E-state index in [4.69, 9.17) is 27.9 Å². The maximum atomic E-state index is 14.4. The summed E-state index contributed by atoms with van der Waals surface area (Å²) in [6.07, 6.45) is 3.00. The Morgan fingerprint density at radius 3 is 2.85 bits per heavy atom. The fourth-order valence-corrected chi connectivity index (χ4v) is 3.30. The van der Waals surface area contributed by atoms with Crippen molar-refractivity contribution in [2.75, 3.05) is 7.11 Å². The van der Waals surface area contributed by atoms with Gasteiger partial charge in [-0.25, -0.2) is 14.2 Å². The number of imidazole rings is 1. The summed E-state index contributed by atoms with van der Waals surface area (Å²) in [7, 11) is 1.28. The summed E-state index contributed by atoms with van der Waals surface area (Å²) in [5.74, 6) is -0.633. The zero-order valence-electron chi connectivity index (χ0n) is 13.9. The number of benzene rings is 1. The molecule has 2 aromatic heterocycles. The van der Waals surface area contributed by atoms with E-state index in [2.05, 4.69) is 15.0 Å². The van der Waals surface area contributed by atoms with Crippen molar-refractivity contribution in [1.29, 1.82) is 0 Å². The molecule has 0 spiro atoms. The second kappa shape index (κ2) is 6.75. The molecule has 0 bridgehead atoms. The molecule has 9 heteroatoms. The molecule has 1 aliphatic rings. The lowest BCUT2D eigenvalue weighted by Crippen LogP contribution is -2.12. The van der Waals surface area contributed by atoms with E-state index in [1.807, 2.05) is 0 Å². The lowest BCUT2D eigenvalue weighted by Gasteiger charge is -2.14. The molecule has 3 heterocycles. The summed E-state index contributed by atoms with van der Waals surface area (Å²) in [4.78, 5) is 24.7. The highest BCUT2D eigenvalue weighted by molar-refractivity contribution is 6.45. The largest absolute Gasteiger partial charge is 0.464 e. The summed E-state index contributed by atoms with van der Waals surface area (Å²) in [6, 6.07) is 6.10. The number of carbonyl (C=O) groups is 1. The number of aliphatic imine (C=N–C) groups is 1. The zero-order valence-corrected chi connectivity index (χ0v) is 15.4. The van der Waals surface area contributed by atoms with Gasteiger partial charge in [0, 0.05) is 18.0 Å². The molecule has 6 nitrogen and oxygen atoms in total. The first-order valence-corrected chi connectivity index (χ1v) is 8.57. The second-order valence-electron chi connectivity index (χ2n) is 5.66. The molecule has 0 amide bonds. The fraction of sp³-hybridized carbons (Fsp3) is 0.111. The van der Waals surface area contributed by atoms with Gasteiger partial charge in [-0.2, -0.15) is 0 Å². The molecular formula is C18H11Cl2FN4O2. The molecule has 0 atom stereocenters. The first-order valence-electron chi connectivity index (χ1n) is 7.82. The second-order valence-corrected chi connectivity index (χ2v) is 6.44. The minimum Gasteiger partial charge on any atom is -0.464 e. The van der Waals surface area contributed by atoms with Crippen LogP contribution in [0.4, 0.5) is 4.39 Å². The van der Waals surface area contributed by atoms with E-state index >= 15 is 0 Å². The number of pyridine rings is 1. The van der Waals surface area contributed by atoms with E-state index in [1.54, 1.807) is 16.7 Å². The summed E-state index contributed by atoms with van der Waals surface area (Å²) in [5, 5.41) is 0.496. The van der Waals surface area contributed by atoms with Gasteiger partial charge in [0.05, 0.1) is 35.1 Å². The van der Waals surface area contributed by atoms with Crippen molar-refractivity contribution < 1.29 is 13.9 Å². The van der Waals surface area contributed by atoms with Crippen LogP contribution in [0.1, 0.15) is 27.6 Å². The number of halogens is 3. The Hall–Kier alpha value is -2.77. The van der Waals surface area contributed by atoms with E-state index in [1.165, 1.54) is 31.6 Å². The molecule has 136 valence electrons. The third-order valence-electron chi connectivity index (χ3n) is 4.10. The Morgan fingerprint density at radius 2 is 2.11 bits per heavy atom.